The third-order valence-electron chi connectivity index (χ3n) is 11.6. The van der Waals surface area contributed by atoms with Crippen molar-refractivity contribution in [2.24, 2.45) is 0 Å². The number of rotatable bonds is 2. The number of aromatic nitrogens is 3. The molecule has 5 heterocycles. The van der Waals surface area contributed by atoms with Crippen molar-refractivity contribution in [2.75, 3.05) is 4.90 Å². The van der Waals surface area contributed by atoms with Gasteiger partial charge in [0.25, 0.3) is 0 Å². The van der Waals surface area contributed by atoms with Gasteiger partial charge in [-0.25, -0.2) is 0 Å². The van der Waals surface area contributed by atoms with Crippen molar-refractivity contribution in [1.82, 2.24) is 14.5 Å². The topological polar surface area (TPSA) is 90.8 Å². The third kappa shape index (κ3) is 4.25. The molecule has 0 fully saturated rings. The van der Waals surface area contributed by atoms with Crippen molar-refractivity contribution in [3.63, 3.8) is 0 Å². The fraction of sp³-hybridized carbons (Fsp3) is 0.0204. The van der Waals surface area contributed by atoms with E-state index in [1.165, 1.54) is 0 Å². The first-order valence-electron chi connectivity index (χ1n) is 18.6. The second-order valence-electron chi connectivity index (χ2n) is 14.4. The van der Waals surface area contributed by atoms with E-state index in [0.717, 1.165) is 99.5 Å². The van der Waals surface area contributed by atoms with E-state index >= 15 is 0 Å². The van der Waals surface area contributed by atoms with Gasteiger partial charge in [-0.2, -0.15) is 10.5 Å². The normalized spacial score (nSPS) is 15.4. The highest BCUT2D eigenvalue weighted by Gasteiger charge is 2.53. The van der Waals surface area contributed by atoms with Gasteiger partial charge in [-0.1, -0.05) is 66.4 Å². The van der Waals surface area contributed by atoms with E-state index in [2.05, 4.69) is 100 Å². The lowest BCUT2D eigenvalue weighted by atomic mass is 9.66. The molecular weight excluding hydrogens is 721 g/mol. The Morgan fingerprint density at radius 3 is 2.19 bits per heavy atom. The summed E-state index contributed by atoms with van der Waals surface area (Å²) in [4.78, 5) is 14.7. The van der Waals surface area contributed by atoms with Crippen LogP contribution in [0.3, 0.4) is 0 Å². The summed E-state index contributed by atoms with van der Waals surface area (Å²) in [5.74, 6) is 1.53. The molecule has 3 aromatic heterocycles. The molecule has 6 aromatic carbocycles. The predicted octanol–water partition coefficient (Wildman–Crippen LogP) is 11.7. The molecule has 57 heavy (non-hydrogen) atoms. The van der Waals surface area contributed by atoms with Gasteiger partial charge in [0.15, 0.2) is 0 Å². The minimum absolute atomic E-state index is 0.618. The molecule has 0 amide bonds. The van der Waals surface area contributed by atoms with Crippen molar-refractivity contribution in [2.45, 2.75) is 15.2 Å². The number of fused-ring (bicyclic) bond motifs is 14. The van der Waals surface area contributed by atoms with Gasteiger partial charge in [-0.3, -0.25) is 9.97 Å². The van der Waals surface area contributed by atoms with Crippen LogP contribution in [-0.2, 0) is 5.41 Å². The Morgan fingerprint density at radius 1 is 0.544 bits per heavy atom. The fourth-order valence-electron chi connectivity index (χ4n) is 9.27. The molecule has 2 aliphatic heterocycles. The molecule has 9 aromatic rings. The maximum Gasteiger partial charge on any atom is 0.132 e. The highest BCUT2D eigenvalue weighted by atomic mass is 32.2. The number of hydrogen-bond donors (Lipinski definition) is 0. The van der Waals surface area contributed by atoms with Crippen molar-refractivity contribution in [3.05, 3.63) is 191 Å². The summed E-state index contributed by atoms with van der Waals surface area (Å²) in [5.41, 5.74) is 12.1. The smallest absolute Gasteiger partial charge is 0.132 e. The summed E-state index contributed by atoms with van der Waals surface area (Å²) in [6.07, 6.45) is 3.78. The monoisotopic (exact) mass is 746 g/mol. The van der Waals surface area contributed by atoms with E-state index < -0.39 is 5.41 Å². The molecule has 0 bridgehead atoms. The minimum atomic E-state index is -0.841. The van der Waals surface area contributed by atoms with Gasteiger partial charge in [-0.15, -0.1) is 0 Å². The zero-order chi connectivity index (χ0) is 37.8. The Balaban J connectivity index is 1.16. The van der Waals surface area contributed by atoms with E-state index in [-0.39, 0.29) is 0 Å². The van der Waals surface area contributed by atoms with Crippen LogP contribution in [0.25, 0.3) is 38.9 Å². The molecule has 1 atom stereocenters. The molecule has 264 valence electrons. The SMILES string of the molecule is N#Cc1ccc2c(c1)Sc1ccccc1N2c1ccc2c(c1)C1(c3ccccc3O2)c2cccnc2-c2ncc(-n3c4ccccc4c4cc(C#N)ccc43)cc21. The van der Waals surface area contributed by atoms with Crippen LogP contribution in [0, 0.1) is 22.7 Å². The maximum atomic E-state index is 9.81. The highest BCUT2D eigenvalue weighted by Crippen LogP contribution is 2.62. The van der Waals surface area contributed by atoms with Crippen LogP contribution in [0.15, 0.2) is 168 Å². The zero-order valence-electron chi connectivity index (χ0n) is 30.0. The van der Waals surface area contributed by atoms with Crippen LogP contribution in [0.1, 0.15) is 33.4 Å². The molecule has 0 N–H and O–H groups in total. The molecule has 0 saturated carbocycles. The first-order valence-corrected chi connectivity index (χ1v) is 19.4. The fourth-order valence-corrected chi connectivity index (χ4v) is 10.4. The van der Waals surface area contributed by atoms with Gasteiger partial charge < -0.3 is 14.2 Å². The van der Waals surface area contributed by atoms with E-state index in [1.807, 2.05) is 79.1 Å². The molecule has 1 spiro atoms. The molecule has 0 saturated heterocycles. The molecule has 1 unspecified atom stereocenters. The van der Waals surface area contributed by atoms with Gasteiger partial charge in [0.1, 0.15) is 11.5 Å². The molecule has 8 heteroatoms. The Morgan fingerprint density at radius 2 is 1.26 bits per heavy atom. The van der Waals surface area contributed by atoms with Crippen molar-refractivity contribution in [1.29, 1.82) is 10.5 Å². The maximum absolute atomic E-state index is 9.81. The largest absolute Gasteiger partial charge is 0.457 e. The highest BCUT2D eigenvalue weighted by molar-refractivity contribution is 7.99. The van der Waals surface area contributed by atoms with Crippen LogP contribution in [0.4, 0.5) is 17.1 Å². The standard InChI is InChI=1S/C49H26N6OS/c50-26-29-15-18-40-34(22-29)33-8-1-3-11-39(33)55(40)32-25-38-48(53-28-32)47-36(10-7-21-52-47)49(38)35-9-2-5-13-43(35)56-44-20-17-31(24-37(44)49)54-41-12-4-6-14-45(41)57-46-23-30(27-51)16-19-42(46)54/h1-25,28H. The van der Waals surface area contributed by atoms with Gasteiger partial charge >= 0.3 is 0 Å². The Labute approximate surface area is 331 Å². The summed E-state index contributed by atoms with van der Waals surface area (Å²) in [7, 11) is 0. The second-order valence-corrected chi connectivity index (χ2v) is 15.5. The van der Waals surface area contributed by atoms with Crippen molar-refractivity contribution < 1.29 is 4.74 Å². The van der Waals surface area contributed by atoms with E-state index in [9.17, 15) is 10.5 Å². The van der Waals surface area contributed by atoms with Gasteiger partial charge in [0.05, 0.1) is 74.4 Å². The number of anilines is 3. The lowest BCUT2D eigenvalue weighted by molar-refractivity contribution is 0.436. The lowest BCUT2D eigenvalue weighted by Gasteiger charge is -2.40. The number of nitrogens with zero attached hydrogens (tertiary/aromatic N) is 6. The lowest BCUT2D eigenvalue weighted by Crippen LogP contribution is -2.32. The molecular formula is C49H26N6OS. The van der Waals surface area contributed by atoms with E-state index in [0.29, 0.717) is 11.1 Å². The molecule has 0 radical (unpaired) electrons. The van der Waals surface area contributed by atoms with Crippen LogP contribution in [0.2, 0.25) is 0 Å². The molecule has 1 aliphatic carbocycles. The number of benzene rings is 6. The van der Waals surface area contributed by atoms with Gasteiger partial charge in [0, 0.05) is 49.1 Å². The van der Waals surface area contributed by atoms with Crippen molar-refractivity contribution >= 4 is 50.6 Å². The Bertz CT molecular complexity index is 3320. The minimum Gasteiger partial charge on any atom is -0.457 e. The molecule has 3 aliphatic rings. The van der Waals surface area contributed by atoms with E-state index in [1.54, 1.807) is 11.8 Å². The quantitative estimate of drug-likeness (QED) is 0.174. The van der Waals surface area contributed by atoms with Gasteiger partial charge in [0.2, 0.25) is 0 Å². The number of hydrogen-bond acceptors (Lipinski definition) is 7. The summed E-state index contributed by atoms with van der Waals surface area (Å²) < 4.78 is 9.06. The van der Waals surface area contributed by atoms with Crippen LogP contribution < -0.4 is 9.64 Å². The number of pyridine rings is 2. The summed E-state index contributed by atoms with van der Waals surface area (Å²) in [6, 6.07) is 54.4. The summed E-state index contributed by atoms with van der Waals surface area (Å²) in [6.45, 7) is 0. The summed E-state index contributed by atoms with van der Waals surface area (Å²) >= 11 is 1.68. The first-order chi connectivity index (χ1) is 28.1. The van der Waals surface area contributed by atoms with Crippen LogP contribution >= 0.6 is 11.8 Å². The van der Waals surface area contributed by atoms with Gasteiger partial charge in [-0.05, 0) is 96.6 Å². The van der Waals surface area contributed by atoms with Crippen LogP contribution in [-0.4, -0.2) is 14.5 Å². The van der Waals surface area contributed by atoms with Crippen LogP contribution in [0.5, 0.6) is 11.5 Å². The average Bonchev–Trinajstić information content (AvgIpc) is 3.75. The zero-order valence-corrected chi connectivity index (χ0v) is 30.8. The number of ether oxygens (including phenoxy) is 1. The van der Waals surface area contributed by atoms with Crippen molar-refractivity contribution in [3.8, 4) is 40.7 Å². The predicted molar refractivity (Wildman–Crippen MR) is 222 cm³/mol. The third-order valence-corrected chi connectivity index (χ3v) is 12.7. The molecule has 7 nitrogen and oxygen atoms in total. The first kappa shape index (κ1) is 31.7. The second kappa shape index (κ2) is 11.7. The number of para-hydroxylation sites is 3. The molecule has 12 rings (SSSR count). The Kier molecular flexibility index (Phi) is 6.49. The number of nitriles is 2. The average molecular weight is 747 g/mol. The van der Waals surface area contributed by atoms with E-state index in [4.69, 9.17) is 14.7 Å². The Hall–Kier alpha value is -7.65. The summed E-state index contributed by atoms with van der Waals surface area (Å²) in [5, 5.41) is 21.7.